The maximum atomic E-state index is 8.72. The highest BCUT2D eigenvalue weighted by Crippen LogP contribution is 1.97. The highest BCUT2D eigenvalue weighted by Gasteiger charge is 2.08. The van der Waals surface area contributed by atoms with E-state index in [4.69, 9.17) is 5.26 Å². The molecule has 0 amide bonds. The van der Waals surface area contributed by atoms with Crippen molar-refractivity contribution in [3.63, 3.8) is 0 Å². The normalized spacial score (nSPS) is 12.8. The van der Waals surface area contributed by atoms with Gasteiger partial charge >= 0.3 is 0 Å². The predicted molar refractivity (Wildman–Crippen MR) is 54.5 cm³/mol. The van der Waals surface area contributed by atoms with E-state index in [0.717, 1.165) is 0 Å². The summed E-state index contributed by atoms with van der Waals surface area (Å²) in [5.41, 5.74) is 3.33. The lowest BCUT2D eigenvalue weighted by Crippen LogP contribution is -2.33. The van der Waals surface area contributed by atoms with E-state index in [1.807, 2.05) is 39.8 Å². The molecule has 0 aliphatic carbocycles. The molecule has 0 spiro atoms. The zero-order valence-corrected chi connectivity index (χ0v) is 9.05. The molecule has 0 aromatic rings. The largest absolute Gasteiger partial charge is 0.304 e. The third-order valence-corrected chi connectivity index (χ3v) is 1.12. The quantitative estimate of drug-likeness (QED) is 0.519. The highest BCUT2D eigenvalue weighted by molar-refractivity contribution is 5.99. The molecule has 0 aromatic carbocycles. The van der Waals surface area contributed by atoms with Gasteiger partial charge in [-0.1, -0.05) is 0 Å². The molecule has 13 heavy (non-hydrogen) atoms. The lowest BCUT2D eigenvalue weighted by molar-refractivity contribution is 0.433. The monoisotopic (exact) mass is 182 g/mol. The van der Waals surface area contributed by atoms with Crippen LogP contribution in [0.3, 0.4) is 0 Å². The average Bonchev–Trinajstić information content (AvgIpc) is 1.95. The SMILES string of the molecule is CN(C)C/C(C#N)=N/NC(C)(C)C. The van der Waals surface area contributed by atoms with Gasteiger partial charge in [0, 0.05) is 5.54 Å². The molecule has 0 aliphatic rings. The van der Waals surface area contributed by atoms with Gasteiger partial charge in [0.05, 0.1) is 6.54 Å². The second kappa shape index (κ2) is 4.83. The summed E-state index contributed by atoms with van der Waals surface area (Å²) in [6.07, 6.45) is 0. The molecule has 0 aliphatic heterocycles. The molecule has 0 aromatic heterocycles. The second-order valence-corrected chi connectivity index (χ2v) is 4.27. The number of hydrazone groups is 1. The van der Waals surface area contributed by atoms with E-state index in [2.05, 4.69) is 16.6 Å². The van der Waals surface area contributed by atoms with Crippen LogP contribution in [-0.2, 0) is 0 Å². The van der Waals surface area contributed by atoms with Gasteiger partial charge in [-0.2, -0.15) is 10.4 Å². The van der Waals surface area contributed by atoms with Gasteiger partial charge in [0.25, 0.3) is 0 Å². The summed E-state index contributed by atoms with van der Waals surface area (Å²) in [7, 11) is 3.81. The van der Waals surface area contributed by atoms with E-state index < -0.39 is 0 Å². The molecule has 74 valence electrons. The first-order valence-electron chi connectivity index (χ1n) is 4.24. The van der Waals surface area contributed by atoms with Gasteiger partial charge in [-0.3, -0.25) is 0 Å². The van der Waals surface area contributed by atoms with E-state index in [1.54, 1.807) is 0 Å². The van der Waals surface area contributed by atoms with Crippen molar-refractivity contribution >= 4 is 5.71 Å². The number of nitriles is 1. The molecule has 0 bridgehead atoms. The second-order valence-electron chi connectivity index (χ2n) is 4.27. The summed E-state index contributed by atoms with van der Waals surface area (Å²) < 4.78 is 0. The summed E-state index contributed by atoms with van der Waals surface area (Å²) in [6, 6.07) is 2.05. The molecular formula is C9H18N4. The summed E-state index contributed by atoms with van der Waals surface area (Å²) >= 11 is 0. The van der Waals surface area contributed by atoms with Crippen LogP contribution in [0.25, 0.3) is 0 Å². The molecule has 4 nitrogen and oxygen atoms in total. The van der Waals surface area contributed by atoms with Crippen molar-refractivity contribution in [3.8, 4) is 6.07 Å². The van der Waals surface area contributed by atoms with Crippen molar-refractivity contribution < 1.29 is 0 Å². The maximum Gasteiger partial charge on any atom is 0.151 e. The van der Waals surface area contributed by atoms with Gasteiger partial charge in [0.1, 0.15) is 6.07 Å². The third-order valence-electron chi connectivity index (χ3n) is 1.12. The minimum Gasteiger partial charge on any atom is -0.304 e. The molecule has 0 rings (SSSR count). The van der Waals surface area contributed by atoms with Crippen LogP contribution in [0.4, 0.5) is 0 Å². The smallest absolute Gasteiger partial charge is 0.151 e. The Balaban J connectivity index is 4.18. The summed E-state index contributed by atoms with van der Waals surface area (Å²) in [4.78, 5) is 1.91. The third kappa shape index (κ3) is 7.29. The maximum absolute atomic E-state index is 8.72. The minimum absolute atomic E-state index is 0.0889. The van der Waals surface area contributed by atoms with E-state index in [0.29, 0.717) is 12.3 Å². The topological polar surface area (TPSA) is 51.4 Å². The molecule has 0 heterocycles. The lowest BCUT2D eigenvalue weighted by Gasteiger charge is -2.18. The average molecular weight is 182 g/mol. The molecule has 0 saturated heterocycles. The Labute approximate surface area is 80.2 Å². The molecule has 0 radical (unpaired) electrons. The van der Waals surface area contributed by atoms with E-state index >= 15 is 0 Å². The van der Waals surface area contributed by atoms with Gasteiger partial charge in [0.2, 0.25) is 0 Å². The summed E-state index contributed by atoms with van der Waals surface area (Å²) in [6.45, 7) is 6.57. The first kappa shape index (κ1) is 11.9. The summed E-state index contributed by atoms with van der Waals surface area (Å²) in [5, 5.41) is 12.7. The first-order valence-corrected chi connectivity index (χ1v) is 4.24. The van der Waals surface area contributed by atoms with Crippen LogP contribution in [0.15, 0.2) is 5.10 Å². The lowest BCUT2D eigenvalue weighted by atomic mass is 10.1. The Morgan fingerprint density at radius 2 is 2.00 bits per heavy atom. The summed E-state index contributed by atoms with van der Waals surface area (Å²) in [5.74, 6) is 0. The van der Waals surface area contributed by atoms with Gasteiger partial charge in [-0.25, -0.2) is 0 Å². The Hall–Kier alpha value is -1.08. The van der Waals surface area contributed by atoms with Gasteiger partial charge in [-0.15, -0.1) is 0 Å². The Morgan fingerprint density at radius 3 is 2.31 bits per heavy atom. The Morgan fingerprint density at radius 1 is 1.46 bits per heavy atom. The molecule has 1 N–H and O–H groups in total. The van der Waals surface area contributed by atoms with E-state index in [9.17, 15) is 0 Å². The van der Waals surface area contributed by atoms with Crippen LogP contribution in [0.5, 0.6) is 0 Å². The highest BCUT2D eigenvalue weighted by atomic mass is 15.3. The zero-order chi connectivity index (χ0) is 10.5. The van der Waals surface area contributed by atoms with Crippen LogP contribution in [0.1, 0.15) is 20.8 Å². The van der Waals surface area contributed by atoms with Crippen molar-refractivity contribution in [1.82, 2.24) is 10.3 Å². The van der Waals surface area contributed by atoms with Gasteiger partial charge < -0.3 is 10.3 Å². The van der Waals surface area contributed by atoms with Crippen LogP contribution in [0, 0.1) is 11.3 Å². The Kier molecular flexibility index (Phi) is 4.43. The molecule has 0 saturated carbocycles. The minimum atomic E-state index is -0.0889. The zero-order valence-electron chi connectivity index (χ0n) is 9.05. The van der Waals surface area contributed by atoms with Crippen molar-refractivity contribution in [2.24, 2.45) is 5.10 Å². The van der Waals surface area contributed by atoms with Crippen LogP contribution >= 0.6 is 0 Å². The van der Waals surface area contributed by atoms with Gasteiger partial charge in [0.15, 0.2) is 5.71 Å². The number of rotatable bonds is 3. The molecule has 0 atom stereocenters. The number of nitrogens with one attached hydrogen (secondary N) is 1. The fourth-order valence-corrected chi connectivity index (χ4v) is 0.630. The van der Waals surface area contributed by atoms with Crippen LogP contribution in [0.2, 0.25) is 0 Å². The first-order chi connectivity index (χ1) is 5.85. The van der Waals surface area contributed by atoms with E-state index in [1.165, 1.54) is 0 Å². The van der Waals surface area contributed by atoms with Crippen molar-refractivity contribution in [2.45, 2.75) is 26.3 Å². The van der Waals surface area contributed by atoms with Crippen LogP contribution < -0.4 is 5.43 Å². The fraction of sp³-hybridized carbons (Fsp3) is 0.778. The molecule has 0 fully saturated rings. The number of hydrogen-bond acceptors (Lipinski definition) is 4. The predicted octanol–water partition coefficient (Wildman–Crippen LogP) is 0.816. The number of nitrogens with zero attached hydrogens (tertiary/aromatic N) is 3. The molecule has 4 heteroatoms. The van der Waals surface area contributed by atoms with Crippen molar-refractivity contribution in [1.29, 1.82) is 5.26 Å². The number of hydrogen-bond donors (Lipinski definition) is 1. The van der Waals surface area contributed by atoms with Crippen molar-refractivity contribution in [3.05, 3.63) is 0 Å². The molecular weight excluding hydrogens is 164 g/mol. The van der Waals surface area contributed by atoms with Crippen molar-refractivity contribution in [2.75, 3.05) is 20.6 Å². The van der Waals surface area contributed by atoms with E-state index in [-0.39, 0.29) is 5.54 Å². The standard InChI is InChI=1S/C9H18N4/c1-9(2,3)12-11-8(6-10)7-13(4)5/h12H,7H2,1-5H3/b11-8+. The fourth-order valence-electron chi connectivity index (χ4n) is 0.630. The Bertz CT molecular complexity index is 217. The van der Waals surface area contributed by atoms with Gasteiger partial charge in [-0.05, 0) is 34.9 Å². The van der Waals surface area contributed by atoms with Crippen LogP contribution in [-0.4, -0.2) is 36.8 Å². The molecule has 0 unspecified atom stereocenters.